The lowest BCUT2D eigenvalue weighted by Crippen LogP contribution is -2.14. The Balaban J connectivity index is 1.42. The van der Waals surface area contributed by atoms with E-state index in [4.69, 9.17) is 13.9 Å². The molecule has 1 aliphatic heterocycles. The summed E-state index contributed by atoms with van der Waals surface area (Å²) >= 11 is 0. The van der Waals surface area contributed by atoms with Gasteiger partial charge in [0.2, 0.25) is 18.6 Å². The monoisotopic (exact) mass is 429 g/mol. The zero-order chi connectivity index (χ0) is 21.3. The van der Waals surface area contributed by atoms with Crippen molar-refractivity contribution < 1.29 is 27.1 Å². The van der Waals surface area contributed by atoms with Crippen LogP contribution in [0.25, 0.3) is 11.5 Å². The summed E-state index contributed by atoms with van der Waals surface area (Å²) in [5, 5.41) is 9.76. The minimum absolute atomic E-state index is 0.0466. The topological polar surface area (TPSA) is 121 Å². The van der Waals surface area contributed by atoms with Crippen LogP contribution in [0.1, 0.15) is 19.4 Å². The molecule has 0 atom stereocenters. The number of aromatic nitrogens is 2. The highest BCUT2D eigenvalue weighted by molar-refractivity contribution is 7.92. The molecular weight excluding hydrogens is 410 g/mol. The Morgan fingerprint density at radius 3 is 2.53 bits per heavy atom. The first kappa shape index (κ1) is 19.9. The molecule has 0 unspecified atom stereocenters. The lowest BCUT2D eigenvalue weighted by Gasteiger charge is -2.07. The molecule has 0 saturated heterocycles. The largest absolute Gasteiger partial charge is 0.454 e. The van der Waals surface area contributed by atoms with Gasteiger partial charge in [0.1, 0.15) is 0 Å². The molecule has 156 valence electrons. The molecule has 3 aromatic rings. The number of amides is 1. The van der Waals surface area contributed by atoms with E-state index < -0.39 is 15.1 Å². The molecular formula is C20H19N3O6S. The van der Waals surface area contributed by atoms with Gasteiger partial charge in [-0.2, -0.15) is 0 Å². The van der Waals surface area contributed by atoms with Crippen LogP contribution in [0.15, 0.2) is 51.8 Å². The van der Waals surface area contributed by atoms with Crippen LogP contribution in [0.4, 0.5) is 6.01 Å². The third-order valence-corrected chi connectivity index (χ3v) is 6.69. The summed E-state index contributed by atoms with van der Waals surface area (Å²) in [5.41, 5.74) is 1.29. The minimum Gasteiger partial charge on any atom is -0.454 e. The summed E-state index contributed by atoms with van der Waals surface area (Å²) in [6.07, 6.45) is 0.0934. The molecule has 0 saturated carbocycles. The highest BCUT2D eigenvalue weighted by Gasteiger charge is 2.20. The summed E-state index contributed by atoms with van der Waals surface area (Å²) in [4.78, 5) is 12.5. The summed E-state index contributed by atoms with van der Waals surface area (Å²) in [6.45, 7) is 3.42. The average molecular weight is 429 g/mol. The van der Waals surface area contributed by atoms with Crippen molar-refractivity contribution in [1.29, 1.82) is 0 Å². The number of sulfone groups is 1. The minimum atomic E-state index is -3.36. The van der Waals surface area contributed by atoms with Crippen molar-refractivity contribution >= 4 is 21.8 Å². The summed E-state index contributed by atoms with van der Waals surface area (Å²) in [7, 11) is -3.36. The number of nitrogens with zero attached hydrogens (tertiary/aromatic N) is 2. The number of carbonyl (C=O) groups is 1. The second kappa shape index (κ2) is 7.79. The van der Waals surface area contributed by atoms with E-state index in [9.17, 15) is 13.2 Å². The van der Waals surface area contributed by atoms with Gasteiger partial charge < -0.3 is 13.9 Å². The molecule has 2 aromatic carbocycles. The van der Waals surface area contributed by atoms with Gasteiger partial charge in [-0.3, -0.25) is 10.1 Å². The molecule has 4 rings (SSSR count). The fraction of sp³-hybridized carbons (Fsp3) is 0.250. The van der Waals surface area contributed by atoms with E-state index in [1.807, 2.05) is 0 Å². The lowest BCUT2D eigenvalue weighted by atomic mass is 10.1. The van der Waals surface area contributed by atoms with Gasteiger partial charge >= 0.3 is 6.01 Å². The molecule has 2 heterocycles. The summed E-state index contributed by atoms with van der Waals surface area (Å²) in [5.74, 6) is 1.08. The van der Waals surface area contributed by atoms with Gasteiger partial charge in [-0.25, -0.2) is 8.42 Å². The first-order chi connectivity index (χ1) is 14.3. The van der Waals surface area contributed by atoms with Gasteiger partial charge in [0.25, 0.3) is 0 Å². The zero-order valence-electron chi connectivity index (χ0n) is 16.3. The first-order valence-electron chi connectivity index (χ1n) is 9.19. The van der Waals surface area contributed by atoms with Crippen molar-refractivity contribution in [3.8, 4) is 23.0 Å². The smallest absolute Gasteiger partial charge is 0.322 e. The van der Waals surface area contributed by atoms with Crippen molar-refractivity contribution in [2.75, 3.05) is 12.1 Å². The highest BCUT2D eigenvalue weighted by Crippen LogP contribution is 2.32. The maximum absolute atomic E-state index is 12.3. The summed E-state index contributed by atoms with van der Waals surface area (Å²) < 4.78 is 40.4. The predicted octanol–water partition coefficient (Wildman–Crippen LogP) is 2.83. The van der Waals surface area contributed by atoms with Crippen LogP contribution in [0.2, 0.25) is 0 Å². The number of fused-ring (bicyclic) bond motifs is 1. The Morgan fingerprint density at radius 1 is 1.07 bits per heavy atom. The Hall–Kier alpha value is -3.40. The molecule has 0 radical (unpaired) electrons. The van der Waals surface area contributed by atoms with Gasteiger partial charge in [-0.05, 0) is 55.8 Å². The van der Waals surface area contributed by atoms with Crippen molar-refractivity contribution in [2.45, 2.75) is 30.4 Å². The summed E-state index contributed by atoms with van der Waals surface area (Å²) in [6, 6.07) is 11.4. The van der Waals surface area contributed by atoms with Gasteiger partial charge in [0.15, 0.2) is 21.3 Å². The second-order valence-corrected chi connectivity index (χ2v) is 9.45. The van der Waals surface area contributed by atoms with Gasteiger partial charge in [0.05, 0.1) is 16.6 Å². The molecule has 0 aliphatic carbocycles. The second-order valence-electron chi connectivity index (χ2n) is 6.94. The normalized spacial score (nSPS) is 12.9. The lowest BCUT2D eigenvalue weighted by molar-refractivity contribution is -0.115. The molecule has 0 spiro atoms. The van der Waals surface area contributed by atoms with E-state index in [1.165, 1.54) is 12.1 Å². The van der Waals surface area contributed by atoms with Crippen molar-refractivity contribution in [3.63, 3.8) is 0 Å². The number of benzene rings is 2. The highest BCUT2D eigenvalue weighted by atomic mass is 32.2. The van der Waals surface area contributed by atoms with Crippen molar-refractivity contribution in [1.82, 2.24) is 10.2 Å². The molecule has 1 aromatic heterocycles. The molecule has 0 bridgehead atoms. The van der Waals surface area contributed by atoms with Crippen molar-refractivity contribution in [2.24, 2.45) is 0 Å². The van der Waals surface area contributed by atoms with E-state index in [2.05, 4.69) is 15.5 Å². The van der Waals surface area contributed by atoms with Gasteiger partial charge in [-0.15, -0.1) is 5.10 Å². The fourth-order valence-corrected chi connectivity index (χ4v) is 3.91. The zero-order valence-corrected chi connectivity index (χ0v) is 17.1. The molecule has 1 amide bonds. The van der Waals surface area contributed by atoms with Crippen LogP contribution in [0.5, 0.6) is 11.5 Å². The maximum Gasteiger partial charge on any atom is 0.322 e. The molecule has 1 N–H and O–H groups in total. The third kappa shape index (κ3) is 3.99. The van der Waals surface area contributed by atoms with Crippen LogP contribution in [0, 0.1) is 0 Å². The molecule has 30 heavy (non-hydrogen) atoms. The van der Waals surface area contributed by atoms with E-state index in [0.717, 1.165) is 5.56 Å². The maximum atomic E-state index is 12.3. The van der Waals surface area contributed by atoms with E-state index in [0.29, 0.717) is 17.1 Å². The average Bonchev–Trinajstić information content (AvgIpc) is 3.37. The Morgan fingerprint density at radius 2 is 1.80 bits per heavy atom. The standard InChI is InChI=1S/C20H19N3O6S/c1-12(2)30(25,26)15-6-4-14(5-7-15)19-22-23-20(29-19)21-18(24)10-13-3-8-16-17(9-13)28-11-27-16/h3-9,12H,10-11H2,1-2H3,(H,21,23,24). The number of ether oxygens (including phenoxy) is 2. The SMILES string of the molecule is CC(C)S(=O)(=O)c1ccc(-c2nnc(NC(=O)Cc3ccc4c(c3)OCO4)o2)cc1. The number of nitrogens with one attached hydrogen (secondary N) is 1. The third-order valence-electron chi connectivity index (χ3n) is 4.52. The van der Waals surface area contributed by atoms with Crippen LogP contribution in [-0.4, -0.2) is 36.6 Å². The molecule has 9 nitrogen and oxygen atoms in total. The van der Waals surface area contributed by atoms with Crippen LogP contribution in [0.3, 0.4) is 0 Å². The fourth-order valence-electron chi connectivity index (χ4n) is 2.85. The number of hydrogen-bond donors (Lipinski definition) is 1. The van der Waals surface area contributed by atoms with Crippen LogP contribution < -0.4 is 14.8 Å². The molecule has 0 fully saturated rings. The van der Waals surface area contributed by atoms with E-state index in [-0.39, 0.29) is 35.9 Å². The van der Waals surface area contributed by atoms with Gasteiger partial charge in [0, 0.05) is 5.56 Å². The Kier molecular flexibility index (Phi) is 5.17. The van der Waals surface area contributed by atoms with Gasteiger partial charge in [-0.1, -0.05) is 11.2 Å². The first-order valence-corrected chi connectivity index (χ1v) is 10.7. The number of anilines is 1. The van der Waals surface area contributed by atoms with E-state index >= 15 is 0 Å². The number of carbonyl (C=O) groups excluding carboxylic acids is 1. The number of rotatable bonds is 6. The Labute approximate surface area is 172 Å². The molecule has 1 aliphatic rings. The van der Waals surface area contributed by atoms with E-state index in [1.54, 1.807) is 44.2 Å². The molecule has 10 heteroatoms. The predicted molar refractivity (Wildman–Crippen MR) is 107 cm³/mol. The van der Waals surface area contributed by atoms with Crippen LogP contribution in [-0.2, 0) is 21.1 Å². The Bertz CT molecular complexity index is 1190. The number of hydrogen-bond acceptors (Lipinski definition) is 8. The quantitative estimate of drug-likeness (QED) is 0.635. The van der Waals surface area contributed by atoms with Crippen molar-refractivity contribution in [3.05, 3.63) is 48.0 Å². The van der Waals surface area contributed by atoms with Crippen LogP contribution >= 0.6 is 0 Å².